The van der Waals surface area contributed by atoms with Gasteiger partial charge in [0.05, 0.1) is 0 Å². The van der Waals surface area contributed by atoms with Crippen LogP contribution in [0, 0.1) is 0 Å². The summed E-state index contributed by atoms with van der Waals surface area (Å²) in [5, 5.41) is 3.75. The molecule has 234 valence electrons. The van der Waals surface area contributed by atoms with Crippen LogP contribution in [0.1, 0.15) is 33.4 Å². The van der Waals surface area contributed by atoms with Gasteiger partial charge in [-0.3, -0.25) is 0 Å². The van der Waals surface area contributed by atoms with Crippen LogP contribution in [0.2, 0.25) is 30.1 Å². The minimum Gasteiger partial charge on any atom is -0.0843 e. The van der Waals surface area contributed by atoms with Crippen molar-refractivity contribution in [2.24, 2.45) is 0 Å². The van der Waals surface area contributed by atoms with Gasteiger partial charge < -0.3 is 0 Å². The SMILES string of the molecule is Clc1cccc(C(=C2C(=C(c3cccc(Cl)c3)c3cccc(Cl)c3)C2=C(c2cccc(Cl)c2)c2cccc(Cl)c2)c2cccc(Cl)c2)c1. The minimum atomic E-state index is 0.624. The van der Waals surface area contributed by atoms with Crippen LogP contribution in [-0.4, -0.2) is 0 Å². The van der Waals surface area contributed by atoms with Gasteiger partial charge >= 0.3 is 0 Å². The zero-order valence-electron chi connectivity index (χ0n) is 25.1. The summed E-state index contributed by atoms with van der Waals surface area (Å²) in [7, 11) is 0. The Morgan fingerprint density at radius 2 is 0.417 bits per heavy atom. The van der Waals surface area contributed by atoms with Crippen LogP contribution in [0.3, 0.4) is 0 Å². The number of hydrogen-bond donors (Lipinski definition) is 0. The van der Waals surface area contributed by atoms with Crippen LogP contribution in [-0.2, 0) is 0 Å². The number of allylic oxidation sites excluding steroid dienone is 3. The molecule has 1 fully saturated rings. The van der Waals surface area contributed by atoms with E-state index in [9.17, 15) is 0 Å². The van der Waals surface area contributed by atoms with Gasteiger partial charge in [-0.15, -0.1) is 0 Å². The Hall–Kier alpha value is -3.72. The largest absolute Gasteiger partial charge is 0.0843 e. The monoisotopic (exact) mass is 738 g/mol. The van der Waals surface area contributed by atoms with E-state index in [-0.39, 0.29) is 0 Å². The molecular formula is C42H24Cl6. The number of halogens is 6. The van der Waals surface area contributed by atoms with Crippen molar-refractivity contribution in [2.75, 3.05) is 0 Å². The summed E-state index contributed by atoms with van der Waals surface area (Å²) >= 11 is 39.9. The maximum Gasteiger partial charge on any atom is 0.0412 e. The molecule has 0 heterocycles. The van der Waals surface area contributed by atoms with E-state index >= 15 is 0 Å². The first kappa shape index (κ1) is 32.8. The summed E-state index contributed by atoms with van der Waals surface area (Å²) in [5.41, 5.74) is 11.7. The number of rotatable bonds is 6. The fourth-order valence-electron chi connectivity index (χ4n) is 6.17. The Labute approximate surface area is 310 Å². The summed E-state index contributed by atoms with van der Waals surface area (Å²) in [6, 6.07) is 47.3. The molecule has 0 amide bonds. The molecule has 6 heteroatoms. The predicted octanol–water partition coefficient (Wildman–Crippen LogP) is 14.4. The van der Waals surface area contributed by atoms with Crippen molar-refractivity contribution in [3.63, 3.8) is 0 Å². The first-order valence-electron chi connectivity index (χ1n) is 15.1. The Morgan fingerprint density at radius 1 is 0.250 bits per heavy atom. The van der Waals surface area contributed by atoms with Gasteiger partial charge in [-0.05, 0) is 140 Å². The number of benzene rings is 6. The van der Waals surface area contributed by atoms with Crippen molar-refractivity contribution >= 4 is 86.3 Å². The molecule has 6 aromatic carbocycles. The first-order chi connectivity index (χ1) is 23.3. The maximum atomic E-state index is 6.65. The highest BCUT2D eigenvalue weighted by atomic mass is 35.5. The van der Waals surface area contributed by atoms with Crippen LogP contribution in [0.15, 0.2) is 162 Å². The summed E-state index contributed by atoms with van der Waals surface area (Å²) in [6.07, 6.45) is 0. The number of hydrogen-bond acceptors (Lipinski definition) is 0. The van der Waals surface area contributed by atoms with E-state index in [0.717, 1.165) is 66.8 Å². The molecule has 0 radical (unpaired) electrons. The molecular weight excluding hydrogens is 717 g/mol. The van der Waals surface area contributed by atoms with E-state index in [1.807, 2.05) is 109 Å². The third-order valence-electron chi connectivity index (χ3n) is 8.12. The van der Waals surface area contributed by atoms with Crippen molar-refractivity contribution in [2.45, 2.75) is 0 Å². The van der Waals surface area contributed by atoms with Crippen molar-refractivity contribution < 1.29 is 0 Å². The van der Waals surface area contributed by atoms with Crippen LogP contribution < -0.4 is 0 Å². The van der Waals surface area contributed by atoms with Gasteiger partial charge in [-0.2, -0.15) is 0 Å². The molecule has 0 N–H and O–H groups in total. The zero-order chi connectivity index (χ0) is 33.4. The Kier molecular flexibility index (Phi) is 9.58. The summed E-state index contributed by atoms with van der Waals surface area (Å²) in [4.78, 5) is 0. The first-order valence-corrected chi connectivity index (χ1v) is 17.3. The minimum absolute atomic E-state index is 0.624. The van der Waals surface area contributed by atoms with E-state index < -0.39 is 0 Å². The highest BCUT2D eigenvalue weighted by molar-refractivity contribution is 6.33. The standard InChI is InChI=1S/C42H24Cl6/c43-31-13-1-7-25(19-31)37(26-8-2-14-32(44)20-26)40-41(38(27-9-3-15-33(45)21-27)28-10-4-16-34(46)22-28)42(40)39(29-11-5-17-35(47)23-29)30-12-6-18-36(48)24-30/h1-24H. The third kappa shape index (κ3) is 6.89. The average molecular weight is 741 g/mol. The molecule has 0 aromatic heterocycles. The lowest BCUT2D eigenvalue weighted by atomic mass is 9.94. The van der Waals surface area contributed by atoms with Crippen LogP contribution in [0.25, 0.3) is 16.7 Å². The van der Waals surface area contributed by atoms with Gasteiger partial charge in [-0.25, -0.2) is 0 Å². The quantitative estimate of drug-likeness (QED) is 0.159. The van der Waals surface area contributed by atoms with E-state index in [4.69, 9.17) is 69.6 Å². The second-order valence-corrected chi connectivity index (χ2v) is 13.9. The van der Waals surface area contributed by atoms with E-state index in [1.54, 1.807) is 0 Å². The molecule has 48 heavy (non-hydrogen) atoms. The third-order valence-corrected chi connectivity index (χ3v) is 9.53. The van der Waals surface area contributed by atoms with E-state index in [2.05, 4.69) is 36.4 Å². The van der Waals surface area contributed by atoms with Crippen LogP contribution >= 0.6 is 69.6 Å². The van der Waals surface area contributed by atoms with E-state index in [0.29, 0.717) is 30.1 Å². The molecule has 1 saturated carbocycles. The normalized spacial score (nSPS) is 12.2. The molecule has 7 rings (SSSR count). The lowest BCUT2D eigenvalue weighted by Crippen LogP contribution is -1.91. The summed E-state index contributed by atoms with van der Waals surface area (Å²) in [5.74, 6) is 0. The molecule has 1 aliphatic rings. The topological polar surface area (TPSA) is 0 Å². The highest BCUT2D eigenvalue weighted by Gasteiger charge is 2.41. The predicted molar refractivity (Wildman–Crippen MR) is 207 cm³/mol. The molecule has 1 aliphatic carbocycles. The van der Waals surface area contributed by atoms with Crippen molar-refractivity contribution in [1.82, 2.24) is 0 Å². The highest BCUT2D eigenvalue weighted by Crippen LogP contribution is 2.59. The molecule has 6 aromatic rings. The molecule has 0 nitrogen and oxygen atoms in total. The van der Waals surface area contributed by atoms with Gasteiger partial charge in [0.15, 0.2) is 0 Å². The van der Waals surface area contributed by atoms with Gasteiger partial charge in [0.1, 0.15) is 0 Å². The Bertz CT molecular complexity index is 1900. The smallest absolute Gasteiger partial charge is 0.0412 e. The van der Waals surface area contributed by atoms with Crippen LogP contribution in [0.4, 0.5) is 0 Å². The van der Waals surface area contributed by atoms with Crippen LogP contribution in [0.5, 0.6) is 0 Å². The second-order valence-electron chi connectivity index (χ2n) is 11.3. The van der Waals surface area contributed by atoms with Gasteiger partial charge in [0.2, 0.25) is 0 Å². The fourth-order valence-corrected chi connectivity index (χ4v) is 7.31. The summed E-state index contributed by atoms with van der Waals surface area (Å²) < 4.78 is 0. The van der Waals surface area contributed by atoms with Crippen molar-refractivity contribution in [3.05, 3.63) is 226 Å². The molecule has 0 saturated heterocycles. The van der Waals surface area contributed by atoms with Gasteiger partial charge in [0.25, 0.3) is 0 Å². The Balaban J connectivity index is 1.73. The molecule has 0 unspecified atom stereocenters. The molecule has 0 bridgehead atoms. The van der Waals surface area contributed by atoms with Crippen molar-refractivity contribution in [1.29, 1.82) is 0 Å². The van der Waals surface area contributed by atoms with E-state index in [1.165, 1.54) is 0 Å². The van der Waals surface area contributed by atoms with Crippen molar-refractivity contribution in [3.8, 4) is 0 Å². The lowest BCUT2D eigenvalue weighted by Gasteiger charge is -2.11. The zero-order valence-corrected chi connectivity index (χ0v) is 29.7. The fraction of sp³-hybridized carbons (Fsp3) is 0. The lowest BCUT2D eigenvalue weighted by molar-refractivity contribution is 1.53. The maximum absolute atomic E-state index is 6.65. The molecule has 0 aliphatic heterocycles. The molecule has 0 spiro atoms. The van der Waals surface area contributed by atoms with Gasteiger partial charge in [0, 0.05) is 30.1 Å². The Morgan fingerprint density at radius 3 is 0.562 bits per heavy atom. The second kappa shape index (κ2) is 14.0. The average Bonchev–Trinajstić information content (AvgIpc) is 3.74. The van der Waals surface area contributed by atoms with Gasteiger partial charge in [-0.1, -0.05) is 142 Å². The molecule has 0 atom stereocenters. The summed E-state index contributed by atoms with van der Waals surface area (Å²) in [6.45, 7) is 0.